The molecule has 0 spiro atoms. The Balaban J connectivity index is 1.90. The number of nitrogens with zero attached hydrogens (tertiary/aromatic N) is 4. The first kappa shape index (κ1) is 26.5. The molecule has 1 aliphatic rings. The van der Waals surface area contributed by atoms with Crippen LogP contribution < -0.4 is 20.4 Å². The summed E-state index contributed by atoms with van der Waals surface area (Å²) in [7, 11) is -8.33. The molecule has 0 saturated carbocycles. The number of non-ortho nitro benzene ring substituents is 1. The number of amidine groups is 1. The number of anilines is 2. The molecule has 0 radical (unpaired) electrons. The Labute approximate surface area is 223 Å². The van der Waals surface area contributed by atoms with Gasteiger partial charge in [0, 0.05) is 21.3 Å². The van der Waals surface area contributed by atoms with Crippen molar-refractivity contribution in [3.63, 3.8) is 0 Å². The quantitative estimate of drug-likeness (QED) is 0.145. The number of nitro groups is 1. The Morgan fingerprint density at radius 2 is 1.68 bits per heavy atom. The average Bonchev–Trinajstić information content (AvgIpc) is 3.27. The molecule has 1 heterocycles. The molecule has 0 bridgehead atoms. The number of hydrazine groups is 2. The van der Waals surface area contributed by atoms with Crippen LogP contribution in [0.1, 0.15) is 5.56 Å². The molecular weight excluding hydrogens is 645 g/mol. The number of halogens is 1. The second-order valence-electron chi connectivity index (χ2n) is 7.36. The molecule has 14 nitrogen and oxygen atoms in total. The molecule has 1 aliphatic heterocycles. The van der Waals surface area contributed by atoms with Gasteiger partial charge >= 0.3 is 0 Å². The van der Waals surface area contributed by atoms with Crippen molar-refractivity contribution in [3.8, 4) is 5.75 Å². The Bertz CT molecular complexity index is 1650. The van der Waals surface area contributed by atoms with Crippen LogP contribution in [0.4, 0.5) is 17.1 Å². The molecule has 0 saturated heterocycles. The number of nitrogens with one attached hydrogen (secondary N) is 1. The summed E-state index contributed by atoms with van der Waals surface area (Å²) in [5, 5.41) is 18.1. The van der Waals surface area contributed by atoms with Gasteiger partial charge in [0.15, 0.2) is 5.84 Å². The van der Waals surface area contributed by atoms with Gasteiger partial charge in [0.2, 0.25) is 0 Å². The molecule has 0 aliphatic carbocycles. The fourth-order valence-corrected chi connectivity index (χ4v) is 5.13. The van der Waals surface area contributed by atoms with Crippen molar-refractivity contribution >= 4 is 65.7 Å². The second kappa shape index (κ2) is 9.74. The largest absolute Gasteiger partial charge is 0.494 e. The maximum absolute atomic E-state index is 12.1. The lowest BCUT2D eigenvalue weighted by Gasteiger charge is -2.29. The van der Waals surface area contributed by atoms with Gasteiger partial charge in [-0.25, -0.2) is 0 Å². The van der Waals surface area contributed by atoms with Gasteiger partial charge in [0.1, 0.15) is 16.3 Å². The number of hydrazone groups is 1. The Kier molecular flexibility index (Phi) is 6.99. The summed E-state index contributed by atoms with van der Waals surface area (Å²) in [6, 6.07) is 13.0. The molecule has 0 unspecified atom stereocenters. The SMILES string of the molecule is COc1cc(I)ccc1N1NC(c2ccc(S(=O)(=O)O)cc2S(=O)(=O)O)=NN1c1ccc([N+](=O)[O-])cc1. The number of rotatable bonds is 7. The average molecular weight is 661 g/mol. The summed E-state index contributed by atoms with van der Waals surface area (Å²) >= 11 is 2.08. The van der Waals surface area contributed by atoms with Crippen molar-refractivity contribution in [3.05, 3.63) is 79.9 Å². The lowest BCUT2D eigenvalue weighted by Crippen LogP contribution is -2.45. The predicted octanol–water partition coefficient (Wildman–Crippen LogP) is 2.81. The van der Waals surface area contributed by atoms with Gasteiger partial charge in [0.05, 0.1) is 22.6 Å². The minimum atomic E-state index is -4.99. The van der Waals surface area contributed by atoms with E-state index < -0.39 is 35.0 Å². The number of hydrogen-bond donors (Lipinski definition) is 3. The van der Waals surface area contributed by atoms with E-state index in [4.69, 9.17) is 4.74 Å². The van der Waals surface area contributed by atoms with E-state index in [2.05, 4.69) is 33.1 Å². The highest BCUT2D eigenvalue weighted by Crippen LogP contribution is 2.35. The normalized spacial score (nSPS) is 13.8. The van der Waals surface area contributed by atoms with Crippen molar-refractivity contribution in [1.82, 2.24) is 5.43 Å². The molecule has 3 N–H and O–H groups in total. The van der Waals surface area contributed by atoms with Gasteiger partial charge < -0.3 is 4.74 Å². The first-order valence-corrected chi connectivity index (χ1v) is 13.9. The van der Waals surface area contributed by atoms with Crippen molar-refractivity contribution in [2.24, 2.45) is 5.10 Å². The summed E-state index contributed by atoms with van der Waals surface area (Å²) in [6.07, 6.45) is 0. The fraction of sp³-hybridized carbons (Fsp3) is 0.0500. The maximum Gasteiger partial charge on any atom is 0.295 e. The Morgan fingerprint density at radius 3 is 2.24 bits per heavy atom. The molecule has 17 heteroatoms. The van der Waals surface area contributed by atoms with Crippen LogP contribution in [-0.4, -0.2) is 43.8 Å². The van der Waals surface area contributed by atoms with Crippen molar-refractivity contribution in [1.29, 1.82) is 0 Å². The zero-order chi connectivity index (χ0) is 27.1. The minimum absolute atomic E-state index is 0.145. The van der Waals surface area contributed by atoms with E-state index in [0.29, 0.717) is 23.2 Å². The molecular formula is C20H16IN5O9S2. The summed E-state index contributed by atoms with van der Waals surface area (Å²) in [5.41, 5.74) is 3.20. The van der Waals surface area contributed by atoms with Gasteiger partial charge in [0.25, 0.3) is 25.9 Å². The van der Waals surface area contributed by atoms with E-state index in [1.165, 1.54) is 41.6 Å². The molecule has 0 fully saturated rings. The topological polar surface area (TPSA) is 192 Å². The number of benzene rings is 3. The highest BCUT2D eigenvalue weighted by Gasteiger charge is 2.32. The molecule has 194 valence electrons. The van der Waals surface area contributed by atoms with Crippen LogP contribution >= 0.6 is 22.6 Å². The molecule has 0 aromatic heterocycles. The summed E-state index contributed by atoms with van der Waals surface area (Å²) in [4.78, 5) is 8.91. The van der Waals surface area contributed by atoms with Gasteiger partial charge in [-0.3, -0.25) is 24.6 Å². The third-order valence-corrected chi connectivity index (χ3v) is 7.46. The fourth-order valence-electron chi connectivity index (χ4n) is 3.37. The molecule has 4 rings (SSSR count). The number of ether oxygens (including phenoxy) is 1. The molecule has 3 aromatic rings. The zero-order valence-electron chi connectivity index (χ0n) is 18.5. The van der Waals surface area contributed by atoms with E-state index >= 15 is 0 Å². The maximum atomic E-state index is 12.1. The lowest BCUT2D eigenvalue weighted by molar-refractivity contribution is -0.384. The van der Waals surface area contributed by atoms with Gasteiger partial charge in [-0.2, -0.15) is 27.1 Å². The molecule has 37 heavy (non-hydrogen) atoms. The standard InChI is InChI=1S/C20H16IN5O9S2/c1-35-18-10-12(21)2-9-17(18)25-23-20(22-24(25)13-3-5-14(6-4-13)26(27)28)16-8-7-15(36(29,30)31)11-19(16)37(32,33)34/h2-11H,1H3,(H,22,23)(H,29,30,31)(H,32,33,34). The van der Waals surface area contributed by atoms with Crippen molar-refractivity contribution in [2.45, 2.75) is 9.79 Å². The van der Waals surface area contributed by atoms with E-state index in [9.17, 15) is 36.1 Å². The highest BCUT2D eigenvalue weighted by molar-refractivity contribution is 14.1. The van der Waals surface area contributed by atoms with Gasteiger partial charge in [-0.15, -0.1) is 5.10 Å². The van der Waals surface area contributed by atoms with Gasteiger partial charge in [-0.1, -0.05) is 0 Å². The first-order chi connectivity index (χ1) is 17.3. The van der Waals surface area contributed by atoms with E-state index in [1.807, 2.05) is 0 Å². The van der Waals surface area contributed by atoms with Crippen LogP contribution in [0.25, 0.3) is 0 Å². The van der Waals surface area contributed by atoms with Crippen LogP contribution in [0.15, 0.2) is 75.6 Å². The van der Waals surface area contributed by atoms with E-state index in [-0.39, 0.29) is 17.1 Å². The van der Waals surface area contributed by atoms with Gasteiger partial charge in [-0.05, 0) is 71.1 Å². The molecule has 0 amide bonds. The van der Waals surface area contributed by atoms with E-state index in [1.54, 1.807) is 18.2 Å². The predicted molar refractivity (Wildman–Crippen MR) is 140 cm³/mol. The Hall–Kier alpha value is -3.52. The third kappa shape index (κ3) is 5.44. The third-order valence-electron chi connectivity index (χ3n) is 5.04. The number of hydrogen-bond acceptors (Lipinski definition) is 11. The summed E-state index contributed by atoms with van der Waals surface area (Å²) in [6.45, 7) is 0. The van der Waals surface area contributed by atoms with Crippen LogP contribution in [0.5, 0.6) is 5.75 Å². The summed E-state index contributed by atoms with van der Waals surface area (Å²) < 4.78 is 72.7. The van der Waals surface area contributed by atoms with Crippen molar-refractivity contribution < 1.29 is 35.6 Å². The smallest absolute Gasteiger partial charge is 0.295 e. The zero-order valence-corrected chi connectivity index (χ0v) is 22.3. The monoisotopic (exact) mass is 661 g/mol. The second-order valence-corrected chi connectivity index (χ2v) is 11.4. The van der Waals surface area contributed by atoms with E-state index in [0.717, 1.165) is 15.7 Å². The van der Waals surface area contributed by atoms with Crippen LogP contribution in [0, 0.1) is 13.7 Å². The number of methoxy groups -OCH3 is 1. The lowest BCUT2D eigenvalue weighted by atomic mass is 10.2. The number of nitro benzene ring substituents is 1. The Morgan fingerprint density at radius 1 is 1.00 bits per heavy atom. The van der Waals surface area contributed by atoms with Crippen LogP contribution in [0.2, 0.25) is 0 Å². The van der Waals surface area contributed by atoms with Crippen LogP contribution in [-0.2, 0) is 20.2 Å². The van der Waals surface area contributed by atoms with Crippen LogP contribution in [0.3, 0.4) is 0 Å². The minimum Gasteiger partial charge on any atom is -0.494 e. The molecule has 3 aromatic carbocycles. The highest BCUT2D eigenvalue weighted by atomic mass is 127. The van der Waals surface area contributed by atoms with Crippen molar-refractivity contribution in [2.75, 3.05) is 17.3 Å². The first-order valence-electron chi connectivity index (χ1n) is 9.92. The molecule has 0 atom stereocenters. The summed E-state index contributed by atoms with van der Waals surface area (Å²) in [5.74, 6) is 0.243.